The molecule has 1 N–H and O–H groups in total. The average Bonchev–Trinajstić information content (AvgIpc) is 2.77. The number of hydrogen-bond donors (Lipinski definition) is 1. The number of anilines is 2. The summed E-state index contributed by atoms with van der Waals surface area (Å²) in [4.78, 5) is 25.9. The third-order valence-corrected chi connectivity index (χ3v) is 6.57. The first-order valence-corrected chi connectivity index (χ1v) is 12.3. The van der Waals surface area contributed by atoms with Crippen molar-refractivity contribution in [3.05, 3.63) is 95.1 Å². The molecule has 172 valence electrons. The molecule has 3 aromatic rings. The molecule has 3 aromatic carbocycles. The highest BCUT2D eigenvalue weighted by Gasteiger charge is 2.20. The van der Waals surface area contributed by atoms with Gasteiger partial charge in [-0.3, -0.25) is 13.9 Å². The summed E-state index contributed by atoms with van der Waals surface area (Å²) in [6.45, 7) is 6.34. The number of carbonyl (C=O) groups is 2. The van der Waals surface area contributed by atoms with Crippen LogP contribution < -0.4 is 9.62 Å². The van der Waals surface area contributed by atoms with Gasteiger partial charge in [0.1, 0.15) is 0 Å². The molecule has 0 bridgehead atoms. The van der Waals surface area contributed by atoms with Crippen molar-refractivity contribution in [1.29, 1.82) is 0 Å². The zero-order valence-electron chi connectivity index (χ0n) is 19.4. The highest BCUT2D eigenvalue weighted by Crippen LogP contribution is 2.25. The Labute approximate surface area is 195 Å². The summed E-state index contributed by atoms with van der Waals surface area (Å²) in [7, 11) is -2.14. The van der Waals surface area contributed by atoms with E-state index in [2.05, 4.69) is 26.1 Å². The van der Waals surface area contributed by atoms with Gasteiger partial charge in [0, 0.05) is 23.9 Å². The fraction of sp³-hybridized carbons (Fsp3) is 0.231. The van der Waals surface area contributed by atoms with Crippen LogP contribution in [-0.2, 0) is 15.4 Å². The van der Waals surface area contributed by atoms with Crippen LogP contribution >= 0.6 is 0 Å². The first-order valence-electron chi connectivity index (χ1n) is 10.5. The summed E-state index contributed by atoms with van der Waals surface area (Å²) in [5.74, 6) is -0.621. The molecule has 0 atom stereocenters. The number of amides is 1. The molecule has 7 heteroatoms. The molecule has 1 amide bonds. The minimum Gasteiger partial charge on any atom is -0.322 e. The van der Waals surface area contributed by atoms with Crippen molar-refractivity contribution >= 4 is 33.1 Å². The zero-order valence-corrected chi connectivity index (χ0v) is 20.2. The molecule has 0 spiro atoms. The van der Waals surface area contributed by atoms with Crippen LogP contribution in [0.5, 0.6) is 0 Å². The Balaban J connectivity index is 1.84. The molecule has 33 heavy (non-hydrogen) atoms. The predicted molar refractivity (Wildman–Crippen MR) is 133 cm³/mol. The number of nitrogens with zero attached hydrogens (tertiary/aromatic N) is 1. The van der Waals surface area contributed by atoms with Gasteiger partial charge in [-0.15, -0.1) is 0 Å². The van der Waals surface area contributed by atoms with Gasteiger partial charge in [-0.1, -0.05) is 69.3 Å². The molecule has 0 aliphatic heterocycles. The molecule has 3 rings (SSSR count). The summed E-state index contributed by atoms with van der Waals surface area (Å²) < 4.78 is 25.0. The molecule has 0 unspecified atom stereocenters. The van der Waals surface area contributed by atoms with E-state index in [9.17, 15) is 18.0 Å². The van der Waals surface area contributed by atoms with E-state index < -0.39 is 15.9 Å². The molecule has 0 aliphatic carbocycles. The van der Waals surface area contributed by atoms with E-state index in [1.807, 2.05) is 24.3 Å². The summed E-state index contributed by atoms with van der Waals surface area (Å²) in [6.07, 6.45) is 1.07. The molecule has 6 nitrogen and oxygen atoms in total. The monoisotopic (exact) mass is 464 g/mol. The van der Waals surface area contributed by atoms with Crippen LogP contribution in [0.3, 0.4) is 0 Å². The fourth-order valence-corrected chi connectivity index (χ4v) is 3.86. The second-order valence-corrected chi connectivity index (χ2v) is 11.0. The van der Waals surface area contributed by atoms with Gasteiger partial charge in [-0.2, -0.15) is 0 Å². The minimum atomic E-state index is -3.54. The van der Waals surface area contributed by atoms with Gasteiger partial charge >= 0.3 is 0 Å². The van der Waals surface area contributed by atoms with Crippen LogP contribution in [0.4, 0.5) is 11.4 Å². The second-order valence-electron chi connectivity index (χ2n) is 8.94. The van der Waals surface area contributed by atoms with Crippen molar-refractivity contribution in [2.45, 2.75) is 26.2 Å². The van der Waals surface area contributed by atoms with E-state index >= 15 is 0 Å². The Morgan fingerprint density at radius 1 is 0.848 bits per heavy atom. The molecular formula is C26H28N2O4S. The van der Waals surface area contributed by atoms with Crippen molar-refractivity contribution in [2.24, 2.45) is 0 Å². The Bertz CT molecular complexity index is 1290. The average molecular weight is 465 g/mol. The van der Waals surface area contributed by atoms with Gasteiger partial charge in [0.05, 0.1) is 17.5 Å². The topological polar surface area (TPSA) is 83.6 Å². The molecule has 0 aliphatic rings. The van der Waals surface area contributed by atoms with Crippen LogP contribution in [0, 0.1) is 0 Å². The van der Waals surface area contributed by atoms with Gasteiger partial charge < -0.3 is 5.32 Å². The van der Waals surface area contributed by atoms with E-state index in [1.165, 1.54) is 7.05 Å². The predicted octanol–water partition coefficient (Wildman–Crippen LogP) is 4.86. The van der Waals surface area contributed by atoms with E-state index in [0.29, 0.717) is 16.8 Å². The first kappa shape index (κ1) is 24.2. The first-order chi connectivity index (χ1) is 15.4. The number of carbonyl (C=O) groups excluding carboxylic acids is 2. The van der Waals surface area contributed by atoms with Gasteiger partial charge in [0.15, 0.2) is 5.78 Å². The van der Waals surface area contributed by atoms with Crippen molar-refractivity contribution in [3.8, 4) is 0 Å². The van der Waals surface area contributed by atoms with Gasteiger partial charge in [-0.25, -0.2) is 8.42 Å². The second kappa shape index (κ2) is 9.19. The van der Waals surface area contributed by atoms with Gasteiger partial charge in [0.25, 0.3) is 5.91 Å². The smallest absolute Gasteiger partial charge is 0.257 e. The lowest BCUT2D eigenvalue weighted by Crippen LogP contribution is -2.27. The Morgan fingerprint density at radius 2 is 1.48 bits per heavy atom. The number of rotatable bonds is 6. The minimum absolute atomic E-state index is 0.00670. The van der Waals surface area contributed by atoms with Crippen molar-refractivity contribution in [2.75, 3.05) is 22.9 Å². The summed E-state index contributed by atoms with van der Waals surface area (Å²) in [5.41, 5.74) is 3.05. The number of ketones is 1. The van der Waals surface area contributed by atoms with Crippen molar-refractivity contribution in [3.63, 3.8) is 0 Å². The lowest BCUT2D eigenvalue weighted by Gasteiger charge is -2.20. The number of nitrogens with one attached hydrogen (secondary N) is 1. The van der Waals surface area contributed by atoms with Crippen LogP contribution in [-0.4, -0.2) is 33.4 Å². The molecule has 0 saturated heterocycles. The van der Waals surface area contributed by atoms with Gasteiger partial charge in [-0.05, 0) is 35.2 Å². The number of para-hydroxylation sites is 1. The Morgan fingerprint density at radius 3 is 2.09 bits per heavy atom. The van der Waals surface area contributed by atoms with Crippen molar-refractivity contribution < 1.29 is 18.0 Å². The molecule has 0 fully saturated rings. The SMILES string of the molecule is CN(c1ccccc1C(=O)Nc1cccc(C(=O)c2ccc(C(C)(C)C)cc2)c1)S(C)(=O)=O. The highest BCUT2D eigenvalue weighted by atomic mass is 32.2. The lowest BCUT2D eigenvalue weighted by atomic mass is 9.86. The maximum Gasteiger partial charge on any atom is 0.257 e. The van der Waals surface area contributed by atoms with Crippen LogP contribution in [0.25, 0.3) is 0 Å². The normalized spacial score (nSPS) is 11.7. The molecule has 0 heterocycles. The summed E-state index contributed by atoms with van der Waals surface area (Å²) >= 11 is 0. The summed E-state index contributed by atoms with van der Waals surface area (Å²) in [5, 5.41) is 2.77. The third-order valence-electron chi connectivity index (χ3n) is 5.38. The lowest BCUT2D eigenvalue weighted by molar-refractivity contribution is 0.102. The molecule has 0 saturated carbocycles. The van der Waals surface area contributed by atoms with Crippen LogP contribution in [0.2, 0.25) is 0 Å². The van der Waals surface area contributed by atoms with Crippen LogP contribution in [0.15, 0.2) is 72.8 Å². The Hall–Kier alpha value is -3.45. The maximum absolute atomic E-state index is 13.0. The van der Waals surface area contributed by atoms with E-state index in [1.54, 1.807) is 48.5 Å². The van der Waals surface area contributed by atoms with E-state index in [0.717, 1.165) is 16.1 Å². The quantitative estimate of drug-likeness (QED) is 0.528. The van der Waals surface area contributed by atoms with Crippen molar-refractivity contribution in [1.82, 2.24) is 0 Å². The molecular weight excluding hydrogens is 436 g/mol. The number of hydrogen-bond acceptors (Lipinski definition) is 4. The maximum atomic E-state index is 13.0. The largest absolute Gasteiger partial charge is 0.322 e. The van der Waals surface area contributed by atoms with Gasteiger partial charge in [0.2, 0.25) is 10.0 Å². The standard InChI is InChI=1S/C26H28N2O4S/c1-26(2,3)20-15-13-18(14-16-20)24(29)19-9-8-10-21(17-19)27-25(30)22-11-6-7-12-23(22)28(4)33(5,31)32/h6-17H,1-5H3,(H,27,30). The zero-order chi connectivity index (χ0) is 24.4. The fourth-order valence-electron chi connectivity index (χ4n) is 3.34. The highest BCUT2D eigenvalue weighted by molar-refractivity contribution is 7.92. The Kier molecular flexibility index (Phi) is 6.74. The van der Waals surface area contributed by atoms with E-state index in [4.69, 9.17) is 0 Å². The number of benzene rings is 3. The third kappa shape index (κ3) is 5.68. The summed E-state index contributed by atoms with van der Waals surface area (Å²) in [6, 6.07) is 20.7. The molecule has 0 radical (unpaired) electrons. The molecule has 0 aromatic heterocycles. The van der Waals surface area contributed by atoms with Crippen LogP contribution in [0.1, 0.15) is 52.6 Å². The van der Waals surface area contributed by atoms with E-state index in [-0.39, 0.29) is 22.4 Å². The number of sulfonamides is 1.